The summed E-state index contributed by atoms with van der Waals surface area (Å²) in [4.78, 5) is 26.6. The maximum Gasteiger partial charge on any atom is 0.293 e. The second kappa shape index (κ2) is 7.89. The van der Waals surface area contributed by atoms with Crippen LogP contribution in [0.15, 0.2) is 57.9 Å². The van der Waals surface area contributed by atoms with E-state index in [1.807, 2.05) is 55.5 Å². The molecule has 0 bridgehead atoms. The fraction of sp³-hybridized carbons (Fsp3) is 0.158. The van der Waals surface area contributed by atoms with Crippen LogP contribution in [0.25, 0.3) is 6.08 Å². The Morgan fingerprint density at radius 2 is 1.96 bits per heavy atom. The molecule has 0 spiro atoms. The second-order valence-corrected chi connectivity index (χ2v) is 7.21. The lowest BCUT2D eigenvalue weighted by Crippen LogP contribution is -2.27. The summed E-state index contributed by atoms with van der Waals surface area (Å²) in [6.45, 7) is 2.74. The molecule has 0 atom stereocenters. The molecule has 1 saturated heterocycles. The summed E-state index contributed by atoms with van der Waals surface area (Å²) in [6, 6.07) is 15.0. The molecule has 0 aromatic heterocycles. The molecule has 0 saturated carbocycles. The summed E-state index contributed by atoms with van der Waals surface area (Å²) in [5.74, 6) is 0.469. The first-order valence-corrected chi connectivity index (χ1v) is 9.41. The Kier molecular flexibility index (Phi) is 5.60. The fourth-order valence-electron chi connectivity index (χ4n) is 2.45. The van der Waals surface area contributed by atoms with Crippen molar-refractivity contribution in [2.24, 2.45) is 0 Å². The largest absolute Gasteiger partial charge is 0.494 e. The molecule has 1 aliphatic rings. The zero-order valence-electron chi connectivity index (χ0n) is 13.6. The standard InChI is InChI=1S/C19H16BrNO3S/c1-2-24-15-8-5-6-13(10-15)11-17-18(22)21(19(23)25-17)12-14-7-3-4-9-16(14)20/h3-11H,2,12H2,1H3/b17-11-. The van der Waals surface area contributed by atoms with Crippen molar-refractivity contribution < 1.29 is 14.3 Å². The minimum atomic E-state index is -0.271. The molecular formula is C19H16BrNO3S. The van der Waals surface area contributed by atoms with Crippen molar-refractivity contribution in [3.8, 4) is 5.75 Å². The van der Waals surface area contributed by atoms with Gasteiger partial charge in [0.2, 0.25) is 0 Å². The second-order valence-electron chi connectivity index (χ2n) is 5.36. The highest BCUT2D eigenvalue weighted by Gasteiger charge is 2.35. The van der Waals surface area contributed by atoms with Crippen LogP contribution in [0.2, 0.25) is 0 Å². The normalized spacial score (nSPS) is 15.9. The lowest BCUT2D eigenvalue weighted by molar-refractivity contribution is -0.123. The van der Waals surface area contributed by atoms with E-state index in [-0.39, 0.29) is 17.7 Å². The summed E-state index contributed by atoms with van der Waals surface area (Å²) in [5.41, 5.74) is 1.72. The summed E-state index contributed by atoms with van der Waals surface area (Å²) in [6.07, 6.45) is 1.73. The van der Waals surface area contributed by atoms with Gasteiger partial charge in [-0.05, 0) is 54.1 Å². The maximum absolute atomic E-state index is 12.6. The van der Waals surface area contributed by atoms with Crippen LogP contribution in [0.3, 0.4) is 0 Å². The molecule has 4 nitrogen and oxygen atoms in total. The van der Waals surface area contributed by atoms with E-state index < -0.39 is 0 Å². The smallest absolute Gasteiger partial charge is 0.293 e. The number of hydrogen-bond donors (Lipinski definition) is 0. The Balaban J connectivity index is 1.81. The molecule has 6 heteroatoms. The van der Waals surface area contributed by atoms with Crippen molar-refractivity contribution in [3.63, 3.8) is 0 Å². The molecule has 1 heterocycles. The third-order valence-corrected chi connectivity index (χ3v) is 5.31. The van der Waals surface area contributed by atoms with Crippen LogP contribution < -0.4 is 4.74 Å². The van der Waals surface area contributed by atoms with Gasteiger partial charge in [0, 0.05) is 4.47 Å². The van der Waals surface area contributed by atoms with Crippen LogP contribution in [-0.2, 0) is 11.3 Å². The topological polar surface area (TPSA) is 46.6 Å². The van der Waals surface area contributed by atoms with Gasteiger partial charge in [0.15, 0.2) is 0 Å². The van der Waals surface area contributed by atoms with Gasteiger partial charge in [0.1, 0.15) is 5.75 Å². The number of carbonyl (C=O) groups is 2. The average Bonchev–Trinajstić information content (AvgIpc) is 2.85. The first-order valence-electron chi connectivity index (χ1n) is 7.80. The number of benzene rings is 2. The molecule has 2 aromatic carbocycles. The molecule has 128 valence electrons. The van der Waals surface area contributed by atoms with E-state index in [2.05, 4.69) is 15.9 Å². The van der Waals surface area contributed by atoms with E-state index in [1.54, 1.807) is 6.08 Å². The van der Waals surface area contributed by atoms with E-state index >= 15 is 0 Å². The highest BCUT2D eigenvalue weighted by Crippen LogP contribution is 2.34. The van der Waals surface area contributed by atoms with Crippen LogP contribution >= 0.6 is 27.7 Å². The van der Waals surface area contributed by atoms with E-state index in [4.69, 9.17) is 4.74 Å². The van der Waals surface area contributed by atoms with Crippen molar-refractivity contribution in [1.29, 1.82) is 0 Å². The highest BCUT2D eigenvalue weighted by molar-refractivity contribution is 9.10. The first kappa shape index (κ1) is 17.8. The van der Waals surface area contributed by atoms with Gasteiger partial charge in [0.05, 0.1) is 18.1 Å². The maximum atomic E-state index is 12.6. The summed E-state index contributed by atoms with van der Waals surface area (Å²) in [7, 11) is 0. The number of thioether (sulfide) groups is 1. The van der Waals surface area contributed by atoms with Crippen LogP contribution in [0.1, 0.15) is 18.1 Å². The van der Waals surface area contributed by atoms with Crippen LogP contribution in [0.4, 0.5) is 4.79 Å². The van der Waals surface area contributed by atoms with Gasteiger partial charge >= 0.3 is 0 Å². The molecular weight excluding hydrogens is 402 g/mol. The lowest BCUT2D eigenvalue weighted by Gasteiger charge is -2.13. The Hall–Kier alpha value is -2.05. The monoisotopic (exact) mass is 417 g/mol. The number of ether oxygens (including phenoxy) is 1. The van der Waals surface area contributed by atoms with E-state index in [9.17, 15) is 9.59 Å². The third-order valence-electron chi connectivity index (χ3n) is 3.63. The van der Waals surface area contributed by atoms with Gasteiger partial charge in [-0.1, -0.05) is 46.3 Å². The Morgan fingerprint density at radius 1 is 1.16 bits per heavy atom. The lowest BCUT2D eigenvalue weighted by atomic mass is 10.2. The van der Waals surface area contributed by atoms with Gasteiger partial charge in [-0.15, -0.1) is 0 Å². The highest BCUT2D eigenvalue weighted by atomic mass is 79.9. The van der Waals surface area contributed by atoms with E-state index in [0.29, 0.717) is 11.5 Å². The fourth-order valence-corrected chi connectivity index (χ4v) is 3.69. The minimum Gasteiger partial charge on any atom is -0.494 e. The van der Waals surface area contributed by atoms with Gasteiger partial charge in [-0.3, -0.25) is 14.5 Å². The van der Waals surface area contributed by atoms with Crippen molar-refractivity contribution in [2.45, 2.75) is 13.5 Å². The number of nitrogens with zero attached hydrogens (tertiary/aromatic N) is 1. The van der Waals surface area contributed by atoms with Crippen molar-refractivity contribution >= 4 is 44.9 Å². The van der Waals surface area contributed by atoms with Gasteiger partial charge in [0.25, 0.3) is 11.1 Å². The summed E-state index contributed by atoms with van der Waals surface area (Å²) in [5, 5.41) is -0.257. The predicted octanol–water partition coefficient (Wildman–Crippen LogP) is 5.08. The van der Waals surface area contributed by atoms with Crippen LogP contribution in [0, 0.1) is 0 Å². The molecule has 2 amide bonds. The number of imide groups is 1. The van der Waals surface area contributed by atoms with Crippen molar-refractivity contribution in [3.05, 3.63) is 69.0 Å². The van der Waals surface area contributed by atoms with Gasteiger partial charge < -0.3 is 4.74 Å². The first-order chi connectivity index (χ1) is 12.1. The average molecular weight is 418 g/mol. The Bertz CT molecular complexity index is 850. The zero-order valence-corrected chi connectivity index (χ0v) is 16.0. The molecule has 1 aliphatic heterocycles. The summed E-state index contributed by atoms with van der Waals surface area (Å²) >= 11 is 4.41. The molecule has 3 rings (SSSR count). The zero-order chi connectivity index (χ0) is 17.8. The van der Waals surface area contributed by atoms with E-state index in [1.165, 1.54) is 4.90 Å². The molecule has 1 fully saturated rings. The van der Waals surface area contributed by atoms with Gasteiger partial charge in [-0.25, -0.2) is 0 Å². The molecule has 0 radical (unpaired) electrons. The molecule has 2 aromatic rings. The Labute approximate surface area is 159 Å². The van der Waals surface area contributed by atoms with Crippen LogP contribution in [-0.4, -0.2) is 22.7 Å². The molecule has 0 unspecified atom stereocenters. The number of amides is 2. The number of rotatable bonds is 5. The molecule has 0 N–H and O–H groups in total. The molecule has 0 aliphatic carbocycles. The van der Waals surface area contributed by atoms with Gasteiger partial charge in [-0.2, -0.15) is 0 Å². The predicted molar refractivity (Wildman–Crippen MR) is 103 cm³/mol. The number of carbonyl (C=O) groups excluding carboxylic acids is 2. The van der Waals surface area contributed by atoms with Crippen molar-refractivity contribution in [1.82, 2.24) is 4.90 Å². The molecule has 25 heavy (non-hydrogen) atoms. The number of hydrogen-bond acceptors (Lipinski definition) is 4. The van der Waals surface area contributed by atoms with Crippen molar-refractivity contribution in [2.75, 3.05) is 6.61 Å². The summed E-state index contributed by atoms with van der Waals surface area (Å²) < 4.78 is 6.35. The third kappa shape index (κ3) is 4.14. The SMILES string of the molecule is CCOc1cccc(/C=C2\SC(=O)N(Cc3ccccc3Br)C2=O)c1. The minimum absolute atomic E-state index is 0.252. The quantitative estimate of drug-likeness (QED) is 0.635. The Morgan fingerprint density at radius 3 is 2.72 bits per heavy atom. The van der Waals surface area contributed by atoms with E-state index in [0.717, 1.165) is 33.1 Å². The van der Waals surface area contributed by atoms with Crippen LogP contribution in [0.5, 0.6) is 5.75 Å². The number of halogens is 1.